The lowest BCUT2D eigenvalue weighted by molar-refractivity contribution is -0.121. The van der Waals surface area contributed by atoms with Gasteiger partial charge in [-0.05, 0) is 41.8 Å². The summed E-state index contributed by atoms with van der Waals surface area (Å²) in [4.78, 5) is 16.7. The molecule has 1 amide bonds. The third-order valence-electron chi connectivity index (χ3n) is 5.30. The lowest BCUT2D eigenvalue weighted by atomic mass is 9.88. The summed E-state index contributed by atoms with van der Waals surface area (Å²) in [5.41, 5.74) is 3.31. The number of nitrogens with one attached hydrogen (secondary N) is 1. The highest BCUT2D eigenvalue weighted by molar-refractivity contribution is 6.30. The second-order valence-corrected chi connectivity index (χ2v) is 7.97. The van der Waals surface area contributed by atoms with Gasteiger partial charge in [0, 0.05) is 35.9 Å². The number of carbonyl (C=O) groups is 1. The quantitative estimate of drug-likeness (QED) is 0.361. The Bertz CT molecular complexity index is 1090. The van der Waals surface area contributed by atoms with Gasteiger partial charge < -0.3 is 9.84 Å². The highest BCUT2D eigenvalue weighted by Crippen LogP contribution is 2.27. The maximum Gasteiger partial charge on any atom is 0.227 e. The van der Waals surface area contributed by atoms with Crippen LogP contribution in [0.1, 0.15) is 35.8 Å². The molecule has 0 unspecified atom stereocenters. The van der Waals surface area contributed by atoms with Crippen molar-refractivity contribution in [2.24, 2.45) is 0 Å². The van der Waals surface area contributed by atoms with Gasteiger partial charge in [0.15, 0.2) is 0 Å². The number of hydrogen-bond donors (Lipinski definition) is 1. The summed E-state index contributed by atoms with van der Waals surface area (Å²) in [5, 5.41) is 7.66. The van der Waals surface area contributed by atoms with Crippen molar-refractivity contribution in [3.8, 4) is 11.4 Å². The smallest absolute Gasteiger partial charge is 0.227 e. The summed E-state index contributed by atoms with van der Waals surface area (Å²) in [6, 6.07) is 28.0. The van der Waals surface area contributed by atoms with E-state index >= 15 is 0 Å². The Morgan fingerprint density at radius 1 is 0.906 bits per heavy atom. The molecule has 0 bridgehead atoms. The Kier molecular flexibility index (Phi) is 7.31. The Morgan fingerprint density at radius 3 is 2.16 bits per heavy atom. The van der Waals surface area contributed by atoms with E-state index in [1.54, 1.807) is 12.1 Å². The van der Waals surface area contributed by atoms with Crippen LogP contribution in [0.25, 0.3) is 11.4 Å². The van der Waals surface area contributed by atoms with Crippen LogP contribution in [0.3, 0.4) is 0 Å². The molecule has 0 aliphatic heterocycles. The zero-order chi connectivity index (χ0) is 22.2. The van der Waals surface area contributed by atoms with Crippen molar-refractivity contribution < 1.29 is 9.32 Å². The third kappa shape index (κ3) is 5.83. The first-order chi connectivity index (χ1) is 15.7. The molecule has 1 heterocycles. The molecular weight excluding hydrogens is 422 g/mol. The number of rotatable bonds is 9. The van der Waals surface area contributed by atoms with E-state index in [0.29, 0.717) is 36.1 Å². The van der Waals surface area contributed by atoms with Crippen molar-refractivity contribution in [3.05, 3.63) is 107 Å². The molecule has 0 radical (unpaired) electrons. The van der Waals surface area contributed by atoms with E-state index in [2.05, 4.69) is 39.7 Å². The van der Waals surface area contributed by atoms with Crippen molar-refractivity contribution in [2.75, 3.05) is 6.54 Å². The predicted octanol–water partition coefficient (Wildman–Crippen LogP) is 5.66. The maximum absolute atomic E-state index is 12.4. The molecule has 5 nitrogen and oxygen atoms in total. The summed E-state index contributed by atoms with van der Waals surface area (Å²) >= 11 is 5.91. The molecule has 1 N–H and O–H groups in total. The lowest BCUT2D eigenvalue weighted by Gasteiger charge is -2.18. The first-order valence-corrected chi connectivity index (χ1v) is 11.0. The molecule has 32 heavy (non-hydrogen) atoms. The largest absolute Gasteiger partial charge is 0.356 e. The van der Waals surface area contributed by atoms with E-state index in [1.165, 1.54) is 11.1 Å². The molecule has 0 saturated carbocycles. The third-order valence-corrected chi connectivity index (χ3v) is 5.55. The Hall–Kier alpha value is -3.44. The fourth-order valence-corrected chi connectivity index (χ4v) is 3.76. The Balaban J connectivity index is 1.28. The first kappa shape index (κ1) is 21.8. The summed E-state index contributed by atoms with van der Waals surface area (Å²) < 4.78 is 5.28. The zero-order valence-electron chi connectivity index (χ0n) is 17.6. The van der Waals surface area contributed by atoms with Gasteiger partial charge in [-0.1, -0.05) is 77.4 Å². The predicted molar refractivity (Wildman–Crippen MR) is 125 cm³/mol. The molecule has 0 aliphatic carbocycles. The van der Waals surface area contributed by atoms with E-state index in [0.717, 1.165) is 12.0 Å². The van der Waals surface area contributed by atoms with Gasteiger partial charge in [0.2, 0.25) is 17.6 Å². The van der Waals surface area contributed by atoms with Crippen LogP contribution in [-0.4, -0.2) is 22.6 Å². The monoisotopic (exact) mass is 445 g/mol. The van der Waals surface area contributed by atoms with Gasteiger partial charge in [-0.2, -0.15) is 4.98 Å². The van der Waals surface area contributed by atoms with E-state index in [1.807, 2.05) is 48.5 Å². The minimum atomic E-state index is -0.0314. The second kappa shape index (κ2) is 10.7. The van der Waals surface area contributed by atoms with Crippen LogP contribution in [0.2, 0.25) is 5.02 Å². The van der Waals surface area contributed by atoms with Gasteiger partial charge in [-0.25, -0.2) is 0 Å². The molecule has 4 rings (SSSR count). The SMILES string of the molecule is O=C(CCc1nc(-c2ccc(Cl)cc2)no1)NCCC(c1ccccc1)c1ccccc1. The molecule has 162 valence electrons. The number of amides is 1. The number of aryl methyl sites for hydroxylation is 1. The molecule has 0 atom stereocenters. The molecule has 0 aliphatic rings. The van der Waals surface area contributed by atoms with Crippen LogP contribution >= 0.6 is 11.6 Å². The van der Waals surface area contributed by atoms with E-state index in [-0.39, 0.29) is 11.8 Å². The lowest BCUT2D eigenvalue weighted by Crippen LogP contribution is -2.26. The number of aromatic nitrogens is 2. The van der Waals surface area contributed by atoms with Crippen LogP contribution in [0.4, 0.5) is 0 Å². The van der Waals surface area contributed by atoms with Crippen LogP contribution in [-0.2, 0) is 11.2 Å². The maximum atomic E-state index is 12.4. The Morgan fingerprint density at radius 2 is 1.53 bits per heavy atom. The van der Waals surface area contributed by atoms with Crippen molar-refractivity contribution in [1.29, 1.82) is 0 Å². The molecule has 0 saturated heterocycles. The van der Waals surface area contributed by atoms with Crippen LogP contribution in [0.5, 0.6) is 0 Å². The van der Waals surface area contributed by atoms with Crippen LogP contribution < -0.4 is 5.32 Å². The van der Waals surface area contributed by atoms with Gasteiger partial charge in [0.05, 0.1) is 0 Å². The highest BCUT2D eigenvalue weighted by atomic mass is 35.5. The standard InChI is InChI=1S/C26H24ClN3O2/c27-22-13-11-21(12-14-22)26-29-25(32-30-26)16-15-24(31)28-18-17-23(19-7-3-1-4-8-19)20-9-5-2-6-10-20/h1-14,23H,15-18H2,(H,28,31). The van der Waals surface area contributed by atoms with Gasteiger partial charge in [0.1, 0.15) is 0 Å². The minimum Gasteiger partial charge on any atom is -0.356 e. The fraction of sp³-hybridized carbons (Fsp3) is 0.192. The van der Waals surface area contributed by atoms with E-state index < -0.39 is 0 Å². The summed E-state index contributed by atoms with van der Waals surface area (Å²) in [6.45, 7) is 0.590. The van der Waals surface area contributed by atoms with Gasteiger partial charge in [-0.3, -0.25) is 4.79 Å². The van der Waals surface area contributed by atoms with Crippen molar-refractivity contribution in [2.45, 2.75) is 25.2 Å². The number of hydrogen-bond acceptors (Lipinski definition) is 4. The average Bonchev–Trinajstić information content (AvgIpc) is 3.31. The van der Waals surface area contributed by atoms with Crippen molar-refractivity contribution in [3.63, 3.8) is 0 Å². The molecule has 0 spiro atoms. The molecule has 1 aromatic heterocycles. The van der Waals surface area contributed by atoms with Gasteiger partial charge in [-0.15, -0.1) is 0 Å². The molecular formula is C26H24ClN3O2. The average molecular weight is 446 g/mol. The minimum absolute atomic E-state index is 0.0314. The van der Waals surface area contributed by atoms with Crippen molar-refractivity contribution in [1.82, 2.24) is 15.5 Å². The highest BCUT2D eigenvalue weighted by Gasteiger charge is 2.15. The van der Waals surface area contributed by atoms with E-state index in [9.17, 15) is 4.79 Å². The van der Waals surface area contributed by atoms with Crippen LogP contribution in [0, 0.1) is 0 Å². The normalized spacial score (nSPS) is 10.9. The van der Waals surface area contributed by atoms with Crippen molar-refractivity contribution >= 4 is 17.5 Å². The zero-order valence-corrected chi connectivity index (χ0v) is 18.3. The van der Waals surface area contributed by atoms with Gasteiger partial charge >= 0.3 is 0 Å². The molecule has 4 aromatic rings. The Labute approximate surface area is 192 Å². The number of carbonyl (C=O) groups excluding carboxylic acids is 1. The number of halogens is 1. The molecule has 3 aromatic carbocycles. The number of nitrogens with zero attached hydrogens (tertiary/aromatic N) is 2. The number of benzene rings is 3. The topological polar surface area (TPSA) is 68.0 Å². The summed E-state index contributed by atoms with van der Waals surface area (Å²) in [6.07, 6.45) is 1.51. The van der Waals surface area contributed by atoms with Gasteiger partial charge in [0.25, 0.3) is 0 Å². The molecule has 0 fully saturated rings. The fourth-order valence-electron chi connectivity index (χ4n) is 3.63. The van der Waals surface area contributed by atoms with E-state index in [4.69, 9.17) is 16.1 Å². The second-order valence-electron chi connectivity index (χ2n) is 7.53. The summed E-state index contributed by atoms with van der Waals surface area (Å²) in [5.74, 6) is 1.13. The summed E-state index contributed by atoms with van der Waals surface area (Å²) in [7, 11) is 0. The van der Waals surface area contributed by atoms with Crippen LogP contribution in [0.15, 0.2) is 89.5 Å². The molecule has 6 heteroatoms. The first-order valence-electron chi connectivity index (χ1n) is 10.6.